The average Bonchev–Trinajstić information content (AvgIpc) is 2.58. The van der Waals surface area contributed by atoms with E-state index in [1.165, 1.54) is 0 Å². The number of hydrogen-bond acceptors (Lipinski definition) is 5. The van der Waals surface area contributed by atoms with Crippen molar-refractivity contribution in [3.63, 3.8) is 0 Å². The number of aryl methyl sites for hydroxylation is 1. The molecule has 0 bridgehead atoms. The van der Waals surface area contributed by atoms with E-state index in [4.69, 9.17) is 14.9 Å². The van der Waals surface area contributed by atoms with Gasteiger partial charge in [-0.3, -0.25) is 9.59 Å². The molecule has 0 saturated heterocycles. The molecule has 29 heavy (non-hydrogen) atoms. The minimum absolute atomic E-state index is 0.0335. The van der Waals surface area contributed by atoms with Gasteiger partial charge < -0.3 is 20.1 Å². The van der Waals surface area contributed by atoms with Crippen molar-refractivity contribution in [2.75, 3.05) is 0 Å². The van der Waals surface area contributed by atoms with Gasteiger partial charge in [0.25, 0.3) is 0 Å². The highest BCUT2D eigenvalue weighted by Crippen LogP contribution is 2.25. The van der Waals surface area contributed by atoms with E-state index < -0.39 is 11.9 Å². The third-order valence-electron chi connectivity index (χ3n) is 2.99. The maximum Gasteiger partial charge on any atom is 0.306 e. The van der Waals surface area contributed by atoms with Crippen LogP contribution in [0.2, 0.25) is 0 Å². The van der Waals surface area contributed by atoms with Crippen molar-refractivity contribution in [3.8, 4) is 5.75 Å². The summed E-state index contributed by atoms with van der Waals surface area (Å²) in [7, 11) is 0. The number of carboxylic acids is 1. The lowest BCUT2D eigenvalue weighted by Gasteiger charge is -2.10. The number of unbranched alkanes of at least 4 members (excludes halogenated alkanes) is 1. The van der Waals surface area contributed by atoms with Crippen molar-refractivity contribution in [2.24, 2.45) is 11.8 Å². The molecule has 0 fully saturated rings. The van der Waals surface area contributed by atoms with Crippen LogP contribution in [-0.4, -0.2) is 27.3 Å². The number of carbonyl (C=O) groups is 2. The summed E-state index contributed by atoms with van der Waals surface area (Å²) in [4.78, 5) is 21.8. The Morgan fingerprint density at radius 1 is 0.931 bits per heavy atom. The zero-order valence-electron chi connectivity index (χ0n) is 19.1. The minimum atomic E-state index is -0.885. The van der Waals surface area contributed by atoms with Crippen LogP contribution in [0.5, 0.6) is 5.75 Å². The lowest BCUT2D eigenvalue weighted by atomic mass is 10.1. The van der Waals surface area contributed by atoms with Crippen LogP contribution in [0, 0.1) is 18.8 Å². The quantitative estimate of drug-likeness (QED) is 0.400. The number of aromatic hydroxyl groups is 1. The number of hydrogen-bond donors (Lipinski definition) is 3. The van der Waals surface area contributed by atoms with E-state index in [1.54, 1.807) is 12.1 Å². The first-order valence-corrected chi connectivity index (χ1v) is 10.2. The van der Waals surface area contributed by atoms with E-state index >= 15 is 0 Å². The number of esters is 1. The molecule has 0 aliphatic carbocycles. The monoisotopic (exact) mass is 412 g/mol. The highest BCUT2D eigenvalue weighted by atomic mass is 16.5. The van der Waals surface area contributed by atoms with Gasteiger partial charge in [0.15, 0.2) is 0 Å². The molecule has 0 unspecified atom stereocenters. The third kappa shape index (κ3) is 19.0. The highest BCUT2D eigenvalue weighted by Gasteiger charge is 2.11. The van der Waals surface area contributed by atoms with E-state index in [9.17, 15) is 14.7 Å². The third-order valence-corrected chi connectivity index (χ3v) is 2.99. The number of phenols is 1. The van der Waals surface area contributed by atoms with Crippen molar-refractivity contribution in [1.29, 1.82) is 0 Å². The number of carbonyl (C=O) groups excluding carboxylic acids is 1. The first-order chi connectivity index (χ1) is 13.4. The Kier molecular flexibility index (Phi) is 16.9. The molecule has 6 nitrogen and oxygen atoms in total. The summed E-state index contributed by atoms with van der Waals surface area (Å²) in [6, 6.07) is 3.35. The number of aliphatic hydroxyl groups is 1. The predicted molar refractivity (Wildman–Crippen MR) is 116 cm³/mol. The number of rotatable bonds is 8. The van der Waals surface area contributed by atoms with Crippen molar-refractivity contribution < 1.29 is 29.6 Å². The summed E-state index contributed by atoms with van der Waals surface area (Å²) in [5.74, 6) is 0.276. The molecule has 0 amide bonds. The minimum Gasteiger partial charge on any atom is -0.507 e. The smallest absolute Gasteiger partial charge is 0.306 e. The summed E-state index contributed by atoms with van der Waals surface area (Å²) >= 11 is 0. The summed E-state index contributed by atoms with van der Waals surface area (Å²) < 4.78 is 5.04. The molecule has 1 aromatic carbocycles. The lowest BCUT2D eigenvalue weighted by molar-refractivity contribution is -0.145. The summed E-state index contributed by atoms with van der Waals surface area (Å²) in [5.41, 5.74) is 1.69. The van der Waals surface area contributed by atoms with Crippen LogP contribution < -0.4 is 0 Å². The highest BCUT2D eigenvalue weighted by molar-refractivity contribution is 5.70. The first kappa shape index (κ1) is 29.1. The first-order valence-electron chi connectivity index (χ1n) is 10.2. The van der Waals surface area contributed by atoms with Gasteiger partial charge in [-0.2, -0.15) is 0 Å². The Morgan fingerprint density at radius 3 is 1.83 bits per heavy atom. The largest absolute Gasteiger partial charge is 0.507 e. The fraction of sp³-hybridized carbons (Fsp3) is 0.652. The van der Waals surface area contributed by atoms with E-state index in [0.29, 0.717) is 24.0 Å². The van der Waals surface area contributed by atoms with E-state index in [1.807, 2.05) is 6.92 Å². The molecule has 0 aliphatic heterocycles. The second kappa shape index (κ2) is 16.8. The van der Waals surface area contributed by atoms with Gasteiger partial charge in [0.1, 0.15) is 12.4 Å². The average molecular weight is 413 g/mol. The molecule has 6 heteroatoms. The van der Waals surface area contributed by atoms with Crippen molar-refractivity contribution in [2.45, 2.75) is 87.4 Å². The second-order valence-corrected chi connectivity index (χ2v) is 8.32. The Hall–Kier alpha value is -2.08. The van der Waals surface area contributed by atoms with Crippen LogP contribution in [0.1, 0.15) is 83.9 Å². The van der Waals surface area contributed by atoms with Crippen LogP contribution in [0.15, 0.2) is 12.1 Å². The van der Waals surface area contributed by atoms with Crippen LogP contribution in [-0.2, 0) is 27.5 Å². The summed E-state index contributed by atoms with van der Waals surface area (Å²) in [6.45, 7) is 14.5. The van der Waals surface area contributed by atoms with Gasteiger partial charge in [-0.05, 0) is 37.7 Å². The van der Waals surface area contributed by atoms with E-state index in [-0.39, 0.29) is 31.8 Å². The summed E-state index contributed by atoms with van der Waals surface area (Å²) in [5, 5.41) is 27.5. The molecular weight excluding hydrogens is 372 g/mol. The molecule has 1 rings (SSSR count). The van der Waals surface area contributed by atoms with Crippen molar-refractivity contribution in [1.82, 2.24) is 0 Å². The number of benzene rings is 1. The predicted octanol–water partition coefficient (Wildman–Crippen LogP) is 5.21. The Balaban J connectivity index is 0. The second-order valence-electron chi connectivity index (χ2n) is 8.32. The molecule has 0 heterocycles. The molecule has 0 saturated carbocycles. The Bertz CT molecular complexity index is 582. The number of carboxylic acid groups (broad SMARTS) is 1. The molecule has 3 N–H and O–H groups in total. The standard InChI is InChI=1S/C15H20O6.2C4H10/c1-10-6-11(8-16)15(20)12(7-10)9-21-14(19)5-3-2-4-13(17)18;2*1-4(2)3/h6-7,16,20H,2-5,8-9H2,1H3,(H,17,18);2*4H,1-3H3. The van der Waals surface area contributed by atoms with Gasteiger partial charge in [0.2, 0.25) is 0 Å². The molecule has 0 aromatic heterocycles. The van der Waals surface area contributed by atoms with Gasteiger partial charge in [-0.25, -0.2) is 0 Å². The fourth-order valence-electron chi connectivity index (χ4n) is 1.94. The Morgan fingerprint density at radius 2 is 1.38 bits per heavy atom. The zero-order valence-corrected chi connectivity index (χ0v) is 19.1. The van der Waals surface area contributed by atoms with Crippen molar-refractivity contribution >= 4 is 11.9 Å². The molecule has 168 valence electrons. The fourth-order valence-corrected chi connectivity index (χ4v) is 1.94. The molecular formula is C23H40O6. The van der Waals surface area contributed by atoms with Crippen LogP contribution >= 0.6 is 0 Å². The number of ether oxygens (including phenoxy) is 1. The molecule has 0 spiro atoms. The van der Waals surface area contributed by atoms with Gasteiger partial charge in [-0.15, -0.1) is 0 Å². The SMILES string of the molecule is CC(C)C.CC(C)C.Cc1cc(CO)c(O)c(COC(=O)CCCCC(=O)O)c1. The lowest BCUT2D eigenvalue weighted by Crippen LogP contribution is -2.06. The molecule has 0 atom stereocenters. The topological polar surface area (TPSA) is 104 Å². The van der Waals surface area contributed by atoms with Crippen LogP contribution in [0.3, 0.4) is 0 Å². The molecule has 0 radical (unpaired) electrons. The van der Waals surface area contributed by atoms with E-state index in [2.05, 4.69) is 41.5 Å². The normalized spacial score (nSPS) is 10.0. The maximum absolute atomic E-state index is 11.5. The maximum atomic E-state index is 11.5. The van der Waals surface area contributed by atoms with Crippen LogP contribution in [0.4, 0.5) is 0 Å². The molecule has 1 aromatic rings. The number of aliphatic hydroxyl groups excluding tert-OH is 1. The van der Waals surface area contributed by atoms with Gasteiger partial charge >= 0.3 is 11.9 Å². The number of aliphatic carboxylic acids is 1. The summed E-state index contributed by atoms with van der Waals surface area (Å²) in [6.07, 6.45) is 1.06. The van der Waals surface area contributed by atoms with Crippen LogP contribution in [0.25, 0.3) is 0 Å². The zero-order chi connectivity index (χ0) is 23.0. The van der Waals surface area contributed by atoms with Gasteiger partial charge in [0.05, 0.1) is 6.61 Å². The molecule has 0 aliphatic rings. The van der Waals surface area contributed by atoms with E-state index in [0.717, 1.165) is 17.4 Å². The van der Waals surface area contributed by atoms with Crippen molar-refractivity contribution in [3.05, 3.63) is 28.8 Å². The van der Waals surface area contributed by atoms with Gasteiger partial charge in [-0.1, -0.05) is 53.2 Å². The van der Waals surface area contributed by atoms with Gasteiger partial charge in [0, 0.05) is 24.0 Å². The Labute approximate surface area is 175 Å².